The van der Waals surface area contributed by atoms with E-state index in [0.717, 1.165) is 48.1 Å². The summed E-state index contributed by atoms with van der Waals surface area (Å²) in [6, 6.07) is 11.9. The number of hydrogen-bond acceptors (Lipinski definition) is 3. The number of rotatable bonds is 4. The van der Waals surface area contributed by atoms with Crippen LogP contribution in [0.4, 0.5) is 0 Å². The zero-order valence-electron chi connectivity index (χ0n) is 12.6. The zero-order chi connectivity index (χ0) is 14.8. The van der Waals surface area contributed by atoms with E-state index in [0.29, 0.717) is 0 Å². The zero-order valence-corrected chi connectivity index (χ0v) is 12.6. The minimum Gasteiger partial charge on any atom is -0.497 e. The number of carbonyl (C=O) groups is 1. The van der Waals surface area contributed by atoms with Crippen LogP contribution in [-0.4, -0.2) is 37.4 Å². The lowest BCUT2D eigenvalue weighted by atomic mass is 9.95. The van der Waals surface area contributed by atoms with E-state index in [9.17, 15) is 4.79 Å². The highest BCUT2D eigenvalue weighted by molar-refractivity contribution is 6.01. The molecular weight excluding hydrogens is 262 g/mol. The summed E-state index contributed by atoms with van der Waals surface area (Å²) < 4.78 is 5.23. The molecule has 0 N–H and O–H groups in total. The molecule has 0 bridgehead atoms. The summed E-state index contributed by atoms with van der Waals surface area (Å²) in [6.07, 6.45) is 0.979. The Labute approximate surface area is 125 Å². The van der Waals surface area contributed by atoms with Crippen molar-refractivity contribution in [2.75, 3.05) is 26.7 Å². The van der Waals surface area contributed by atoms with Crippen molar-refractivity contribution in [3.63, 3.8) is 0 Å². The van der Waals surface area contributed by atoms with E-state index in [1.54, 1.807) is 7.11 Å². The van der Waals surface area contributed by atoms with Gasteiger partial charge in [0.25, 0.3) is 0 Å². The summed E-state index contributed by atoms with van der Waals surface area (Å²) in [5.41, 5.74) is 0.829. The minimum absolute atomic E-state index is 0.153. The van der Waals surface area contributed by atoms with Crippen LogP contribution in [0.1, 0.15) is 23.7 Å². The molecule has 0 saturated carbocycles. The monoisotopic (exact) mass is 283 g/mol. The molecule has 0 aromatic heterocycles. The topological polar surface area (TPSA) is 29.5 Å². The van der Waals surface area contributed by atoms with Crippen molar-refractivity contribution in [2.24, 2.45) is 5.92 Å². The number of benzene rings is 2. The molecular formula is C18H21NO2. The van der Waals surface area contributed by atoms with Gasteiger partial charge in [-0.05, 0) is 48.5 Å². The summed E-state index contributed by atoms with van der Waals surface area (Å²) in [6.45, 7) is 5.12. The van der Waals surface area contributed by atoms with Gasteiger partial charge < -0.3 is 9.64 Å². The van der Waals surface area contributed by atoms with E-state index < -0.39 is 0 Å². The smallest absolute Gasteiger partial charge is 0.167 e. The van der Waals surface area contributed by atoms with Gasteiger partial charge in [-0.25, -0.2) is 0 Å². The lowest BCUT2D eigenvalue weighted by molar-refractivity contribution is 0.0923. The molecule has 1 atom stereocenters. The first kappa shape index (κ1) is 14.1. The fourth-order valence-corrected chi connectivity index (χ4v) is 3.07. The standard InChI is InChI=1S/C18H21NO2/c1-3-19-9-8-16(12-19)18(20)15-5-4-14-11-17(21-2)7-6-13(14)10-15/h4-7,10-11,16H,3,8-9,12H2,1-2H3. The number of ether oxygens (including phenoxy) is 1. The molecule has 1 unspecified atom stereocenters. The van der Waals surface area contributed by atoms with Gasteiger partial charge in [0.05, 0.1) is 7.11 Å². The van der Waals surface area contributed by atoms with Crippen molar-refractivity contribution in [3.05, 3.63) is 42.0 Å². The van der Waals surface area contributed by atoms with Crippen LogP contribution < -0.4 is 4.74 Å². The number of fused-ring (bicyclic) bond motifs is 1. The van der Waals surface area contributed by atoms with E-state index >= 15 is 0 Å². The molecule has 1 saturated heterocycles. The maximum absolute atomic E-state index is 12.6. The van der Waals surface area contributed by atoms with E-state index in [-0.39, 0.29) is 11.7 Å². The lowest BCUT2D eigenvalue weighted by Gasteiger charge is -2.12. The molecule has 0 amide bonds. The van der Waals surface area contributed by atoms with Gasteiger partial charge in [-0.2, -0.15) is 0 Å². The molecule has 1 fully saturated rings. The highest BCUT2D eigenvalue weighted by atomic mass is 16.5. The summed E-state index contributed by atoms with van der Waals surface area (Å²) in [5, 5.41) is 2.19. The first-order chi connectivity index (χ1) is 10.2. The van der Waals surface area contributed by atoms with Crippen LogP contribution in [0, 0.1) is 5.92 Å². The van der Waals surface area contributed by atoms with E-state index in [4.69, 9.17) is 4.74 Å². The van der Waals surface area contributed by atoms with Gasteiger partial charge in [0.2, 0.25) is 0 Å². The molecule has 1 heterocycles. The molecule has 21 heavy (non-hydrogen) atoms. The van der Waals surface area contributed by atoms with Crippen molar-refractivity contribution < 1.29 is 9.53 Å². The van der Waals surface area contributed by atoms with Gasteiger partial charge in [0.15, 0.2) is 5.78 Å². The highest BCUT2D eigenvalue weighted by Gasteiger charge is 2.28. The van der Waals surface area contributed by atoms with Crippen molar-refractivity contribution in [1.82, 2.24) is 4.90 Å². The van der Waals surface area contributed by atoms with Crippen LogP contribution >= 0.6 is 0 Å². The maximum atomic E-state index is 12.6. The predicted octanol–water partition coefficient (Wildman–Crippen LogP) is 3.37. The maximum Gasteiger partial charge on any atom is 0.167 e. The molecule has 1 aliphatic heterocycles. The molecule has 3 heteroatoms. The number of nitrogens with zero attached hydrogens (tertiary/aromatic N) is 1. The number of hydrogen-bond donors (Lipinski definition) is 0. The molecule has 110 valence electrons. The SMILES string of the molecule is CCN1CCC(C(=O)c2ccc3cc(OC)ccc3c2)C1. The normalized spacial score (nSPS) is 19.0. The Morgan fingerprint density at radius 3 is 2.71 bits per heavy atom. The van der Waals surface area contributed by atoms with Crippen LogP contribution in [0.15, 0.2) is 36.4 Å². The highest BCUT2D eigenvalue weighted by Crippen LogP contribution is 2.25. The van der Waals surface area contributed by atoms with Gasteiger partial charge in [0, 0.05) is 18.0 Å². The molecule has 0 aliphatic carbocycles. The minimum atomic E-state index is 0.153. The average molecular weight is 283 g/mol. The van der Waals surface area contributed by atoms with Gasteiger partial charge in [-0.3, -0.25) is 4.79 Å². The largest absolute Gasteiger partial charge is 0.497 e. The van der Waals surface area contributed by atoms with Crippen LogP contribution in [0.2, 0.25) is 0 Å². The number of likely N-dealkylation sites (tertiary alicyclic amines) is 1. The second-order valence-corrected chi connectivity index (χ2v) is 5.67. The Morgan fingerprint density at radius 2 is 2.00 bits per heavy atom. The van der Waals surface area contributed by atoms with Crippen molar-refractivity contribution in [2.45, 2.75) is 13.3 Å². The quantitative estimate of drug-likeness (QED) is 0.806. The van der Waals surface area contributed by atoms with Crippen molar-refractivity contribution >= 4 is 16.6 Å². The number of ketones is 1. The van der Waals surface area contributed by atoms with Crippen molar-refractivity contribution in [1.29, 1.82) is 0 Å². The second-order valence-electron chi connectivity index (χ2n) is 5.67. The summed E-state index contributed by atoms with van der Waals surface area (Å²) in [7, 11) is 1.67. The van der Waals surface area contributed by atoms with E-state index in [1.165, 1.54) is 0 Å². The Morgan fingerprint density at radius 1 is 1.24 bits per heavy atom. The number of methoxy groups -OCH3 is 1. The van der Waals surface area contributed by atoms with Gasteiger partial charge in [-0.15, -0.1) is 0 Å². The van der Waals surface area contributed by atoms with Gasteiger partial charge >= 0.3 is 0 Å². The summed E-state index contributed by atoms with van der Waals surface area (Å²) in [4.78, 5) is 15.0. The fraction of sp³-hybridized carbons (Fsp3) is 0.389. The van der Waals surface area contributed by atoms with Crippen molar-refractivity contribution in [3.8, 4) is 5.75 Å². The summed E-state index contributed by atoms with van der Waals surface area (Å²) >= 11 is 0. The van der Waals surface area contributed by atoms with Crippen LogP contribution in [0.25, 0.3) is 10.8 Å². The first-order valence-corrected chi connectivity index (χ1v) is 7.55. The Balaban J connectivity index is 1.85. The third-order valence-corrected chi connectivity index (χ3v) is 4.42. The lowest BCUT2D eigenvalue weighted by Crippen LogP contribution is -2.23. The van der Waals surface area contributed by atoms with Crippen LogP contribution in [-0.2, 0) is 0 Å². The molecule has 3 nitrogen and oxygen atoms in total. The van der Waals surface area contributed by atoms with E-state index in [1.807, 2.05) is 36.4 Å². The first-order valence-electron chi connectivity index (χ1n) is 7.55. The van der Waals surface area contributed by atoms with Crippen LogP contribution in [0.5, 0.6) is 5.75 Å². The van der Waals surface area contributed by atoms with Gasteiger partial charge in [-0.1, -0.05) is 25.1 Å². The fourth-order valence-electron chi connectivity index (χ4n) is 3.07. The molecule has 0 spiro atoms. The third kappa shape index (κ3) is 2.79. The number of carbonyl (C=O) groups excluding carboxylic acids is 1. The van der Waals surface area contributed by atoms with Crippen LogP contribution in [0.3, 0.4) is 0 Å². The molecule has 3 rings (SSSR count). The molecule has 2 aromatic rings. The molecule has 1 aliphatic rings. The Hall–Kier alpha value is -1.87. The second kappa shape index (κ2) is 5.86. The summed E-state index contributed by atoms with van der Waals surface area (Å²) in [5.74, 6) is 1.28. The molecule has 2 aromatic carbocycles. The van der Waals surface area contributed by atoms with Gasteiger partial charge in [0.1, 0.15) is 5.75 Å². The molecule has 0 radical (unpaired) electrons. The average Bonchev–Trinajstić information content (AvgIpc) is 3.02. The predicted molar refractivity (Wildman–Crippen MR) is 85.1 cm³/mol. The third-order valence-electron chi connectivity index (χ3n) is 4.42. The number of Topliss-reactive ketones (excluding diaryl/α,β-unsaturated/α-hetero) is 1. The Kier molecular flexibility index (Phi) is 3.93. The Bertz CT molecular complexity index is 665. The van der Waals surface area contributed by atoms with E-state index in [2.05, 4.69) is 11.8 Å².